The van der Waals surface area contributed by atoms with E-state index in [9.17, 15) is 14.4 Å². The lowest BCUT2D eigenvalue weighted by molar-refractivity contribution is -0.167. The Bertz CT molecular complexity index is 1280. The fraction of sp³-hybridized carbons (Fsp3) is 0.800. The minimum atomic E-state index is -0.785. The lowest BCUT2D eigenvalue weighted by Crippen LogP contribution is -2.30. The molecule has 0 aliphatic carbocycles. The molecule has 0 aliphatic heterocycles. The summed E-state index contributed by atoms with van der Waals surface area (Å²) in [6.07, 6.45) is 75.0. The number of hydrogen-bond donors (Lipinski definition) is 0. The predicted octanol–water partition coefficient (Wildman–Crippen LogP) is 20.8. The number of hydrogen-bond acceptors (Lipinski definition) is 6. The maximum Gasteiger partial charge on any atom is 0.306 e. The normalized spacial score (nSPS) is 12.4. The number of unbranched alkanes of at least 4 members (excludes halogenated alkanes) is 35. The zero-order valence-corrected chi connectivity index (χ0v) is 47.2. The first-order valence-electron chi connectivity index (χ1n) is 30.8. The standard InChI is InChI=1S/C65H116O6/c1-4-7-10-13-16-19-22-25-28-30-31-32-33-35-37-40-43-46-49-52-55-58-64(67)70-61-62(60-69-63(66)57-54-51-48-45-42-39-36-27-24-21-18-15-12-9-6-3)71-65(68)59-56-53-50-47-44-41-38-34-29-26-23-20-17-14-11-8-5-2/h8,11,17-18,20-21,26-27,29,36,62H,4-7,9-10,12-16,19,22-25,28,30-35,37-61H2,1-3H3/b11-8-,20-17-,21-18-,29-26-,36-27-. The molecule has 1 unspecified atom stereocenters. The van der Waals surface area contributed by atoms with Crippen molar-refractivity contribution in [2.75, 3.05) is 13.2 Å². The maximum atomic E-state index is 12.9. The van der Waals surface area contributed by atoms with Crippen molar-refractivity contribution in [3.05, 3.63) is 60.8 Å². The Labute approximate surface area is 440 Å². The molecule has 0 aromatic carbocycles. The van der Waals surface area contributed by atoms with Gasteiger partial charge in [0.05, 0.1) is 0 Å². The van der Waals surface area contributed by atoms with Gasteiger partial charge in [0.25, 0.3) is 0 Å². The topological polar surface area (TPSA) is 78.9 Å². The molecule has 0 aromatic rings. The van der Waals surface area contributed by atoms with Crippen molar-refractivity contribution in [1.29, 1.82) is 0 Å². The summed E-state index contributed by atoms with van der Waals surface area (Å²) in [5.41, 5.74) is 0. The van der Waals surface area contributed by atoms with Crippen LogP contribution in [0.15, 0.2) is 60.8 Å². The Balaban J connectivity index is 4.34. The molecule has 0 saturated heterocycles. The molecule has 412 valence electrons. The largest absolute Gasteiger partial charge is 0.462 e. The minimum Gasteiger partial charge on any atom is -0.462 e. The van der Waals surface area contributed by atoms with Gasteiger partial charge >= 0.3 is 17.9 Å². The van der Waals surface area contributed by atoms with Gasteiger partial charge in [0.1, 0.15) is 13.2 Å². The van der Waals surface area contributed by atoms with Crippen molar-refractivity contribution in [1.82, 2.24) is 0 Å². The predicted molar refractivity (Wildman–Crippen MR) is 307 cm³/mol. The van der Waals surface area contributed by atoms with E-state index in [1.165, 1.54) is 173 Å². The molecule has 0 bridgehead atoms. The lowest BCUT2D eigenvalue weighted by Gasteiger charge is -2.18. The highest BCUT2D eigenvalue weighted by atomic mass is 16.6. The summed E-state index contributed by atoms with van der Waals surface area (Å²) in [4.78, 5) is 38.3. The van der Waals surface area contributed by atoms with E-state index in [2.05, 4.69) is 81.5 Å². The van der Waals surface area contributed by atoms with Gasteiger partial charge in [-0.1, -0.05) is 274 Å². The second-order valence-corrected chi connectivity index (χ2v) is 20.6. The molecule has 0 radical (unpaired) electrons. The molecule has 0 spiro atoms. The van der Waals surface area contributed by atoms with Crippen LogP contribution in [-0.4, -0.2) is 37.2 Å². The fourth-order valence-corrected chi connectivity index (χ4v) is 8.90. The number of carbonyl (C=O) groups is 3. The van der Waals surface area contributed by atoms with Gasteiger partial charge in [-0.15, -0.1) is 0 Å². The number of ether oxygens (including phenoxy) is 3. The summed E-state index contributed by atoms with van der Waals surface area (Å²) in [5.74, 6) is -0.888. The Morgan fingerprint density at radius 2 is 0.549 bits per heavy atom. The van der Waals surface area contributed by atoms with Gasteiger partial charge in [0.15, 0.2) is 6.10 Å². The van der Waals surface area contributed by atoms with Gasteiger partial charge < -0.3 is 14.2 Å². The van der Waals surface area contributed by atoms with E-state index in [1.807, 2.05) is 0 Å². The molecule has 0 heterocycles. The zero-order valence-electron chi connectivity index (χ0n) is 47.2. The van der Waals surface area contributed by atoms with Crippen molar-refractivity contribution in [2.24, 2.45) is 0 Å². The quantitative estimate of drug-likeness (QED) is 0.0261. The average Bonchev–Trinajstić information content (AvgIpc) is 3.37. The van der Waals surface area contributed by atoms with E-state index in [-0.39, 0.29) is 31.1 Å². The fourth-order valence-electron chi connectivity index (χ4n) is 8.90. The summed E-state index contributed by atoms with van der Waals surface area (Å²) >= 11 is 0. The van der Waals surface area contributed by atoms with Crippen LogP contribution >= 0.6 is 0 Å². The van der Waals surface area contributed by atoms with Gasteiger partial charge in [-0.2, -0.15) is 0 Å². The highest BCUT2D eigenvalue weighted by Gasteiger charge is 2.19. The Hall–Kier alpha value is -2.89. The average molecular weight is 994 g/mol. The molecule has 0 amide bonds. The molecule has 0 saturated carbocycles. The van der Waals surface area contributed by atoms with E-state index in [1.54, 1.807) is 0 Å². The molecule has 71 heavy (non-hydrogen) atoms. The second kappa shape index (κ2) is 59.7. The third kappa shape index (κ3) is 57.9. The second-order valence-electron chi connectivity index (χ2n) is 20.6. The molecule has 0 aromatic heterocycles. The third-order valence-corrected chi connectivity index (χ3v) is 13.5. The van der Waals surface area contributed by atoms with Crippen LogP contribution in [-0.2, 0) is 28.6 Å². The molecule has 0 rings (SSSR count). The third-order valence-electron chi connectivity index (χ3n) is 13.5. The van der Waals surface area contributed by atoms with Crippen LogP contribution in [0.25, 0.3) is 0 Å². The lowest BCUT2D eigenvalue weighted by atomic mass is 10.0. The van der Waals surface area contributed by atoms with Crippen LogP contribution < -0.4 is 0 Å². The molecular weight excluding hydrogens is 877 g/mol. The zero-order chi connectivity index (χ0) is 51.4. The first-order valence-corrected chi connectivity index (χ1v) is 30.8. The first-order chi connectivity index (χ1) is 35.0. The van der Waals surface area contributed by atoms with Crippen LogP contribution in [0.4, 0.5) is 0 Å². The van der Waals surface area contributed by atoms with Gasteiger partial charge in [-0.3, -0.25) is 14.4 Å². The van der Waals surface area contributed by atoms with E-state index >= 15 is 0 Å². The van der Waals surface area contributed by atoms with Gasteiger partial charge in [0, 0.05) is 19.3 Å². The van der Waals surface area contributed by atoms with Crippen LogP contribution in [0.1, 0.15) is 316 Å². The number of allylic oxidation sites excluding steroid dienone is 10. The minimum absolute atomic E-state index is 0.0800. The van der Waals surface area contributed by atoms with Crippen molar-refractivity contribution in [3.8, 4) is 0 Å². The maximum absolute atomic E-state index is 12.9. The van der Waals surface area contributed by atoms with Crippen LogP contribution in [0.2, 0.25) is 0 Å². The van der Waals surface area contributed by atoms with Crippen LogP contribution in [0.3, 0.4) is 0 Å². The summed E-state index contributed by atoms with van der Waals surface area (Å²) < 4.78 is 16.9. The van der Waals surface area contributed by atoms with Crippen molar-refractivity contribution >= 4 is 17.9 Å². The molecule has 6 nitrogen and oxygen atoms in total. The Kier molecular flexibility index (Phi) is 57.2. The molecule has 6 heteroatoms. The van der Waals surface area contributed by atoms with E-state index in [4.69, 9.17) is 14.2 Å². The molecule has 1 atom stereocenters. The SMILES string of the molecule is CC/C=C\C/C=C\C/C=C\CCCCCCCCCC(=O)OC(COC(=O)CCCCCCC/C=C\C/C=C\CCCCC)COC(=O)CCCCCCCCCCCCCCCCCCCCCCC. The number of rotatable bonds is 56. The number of carbonyl (C=O) groups excluding carboxylic acids is 3. The molecule has 0 N–H and O–H groups in total. The number of esters is 3. The van der Waals surface area contributed by atoms with Gasteiger partial charge in [-0.25, -0.2) is 0 Å². The van der Waals surface area contributed by atoms with E-state index < -0.39 is 6.10 Å². The molecule has 0 aliphatic rings. The van der Waals surface area contributed by atoms with Crippen LogP contribution in [0, 0.1) is 0 Å². The highest BCUT2D eigenvalue weighted by Crippen LogP contribution is 2.17. The van der Waals surface area contributed by atoms with Crippen molar-refractivity contribution < 1.29 is 28.6 Å². The Morgan fingerprint density at radius 1 is 0.296 bits per heavy atom. The van der Waals surface area contributed by atoms with E-state index in [0.29, 0.717) is 19.3 Å². The summed E-state index contributed by atoms with van der Waals surface area (Å²) in [5, 5.41) is 0. The highest BCUT2D eigenvalue weighted by molar-refractivity contribution is 5.71. The summed E-state index contributed by atoms with van der Waals surface area (Å²) in [6, 6.07) is 0. The van der Waals surface area contributed by atoms with Crippen LogP contribution in [0.5, 0.6) is 0 Å². The van der Waals surface area contributed by atoms with Gasteiger partial charge in [0.2, 0.25) is 0 Å². The summed E-state index contributed by atoms with van der Waals surface area (Å²) in [6.45, 7) is 6.53. The van der Waals surface area contributed by atoms with E-state index in [0.717, 1.165) is 103 Å². The van der Waals surface area contributed by atoms with Crippen molar-refractivity contribution in [3.63, 3.8) is 0 Å². The monoisotopic (exact) mass is 993 g/mol. The van der Waals surface area contributed by atoms with Crippen molar-refractivity contribution in [2.45, 2.75) is 322 Å². The molecular formula is C65H116O6. The summed E-state index contributed by atoms with van der Waals surface area (Å²) in [7, 11) is 0. The van der Waals surface area contributed by atoms with Gasteiger partial charge in [-0.05, 0) is 83.5 Å². The molecule has 0 fully saturated rings. The Morgan fingerprint density at radius 3 is 0.887 bits per heavy atom. The smallest absolute Gasteiger partial charge is 0.306 e. The first kappa shape index (κ1) is 68.1.